The number of nitrogens with one attached hydrogen (secondary N) is 1. The average molecular weight is 207 g/mol. The standard InChI is InChI=1S/C7H8F3N3O/c8-7(9,10)5(14)4-11-6-2-1-3-12-13-6/h1-3,5,14H,4H2,(H,11,13)/t5-/m0/s1. The first-order chi connectivity index (χ1) is 6.50. The lowest BCUT2D eigenvalue weighted by atomic mass is 10.3. The van der Waals surface area contributed by atoms with Crippen LogP contribution in [-0.2, 0) is 0 Å². The van der Waals surface area contributed by atoms with Crippen molar-refractivity contribution in [3.05, 3.63) is 18.3 Å². The summed E-state index contributed by atoms with van der Waals surface area (Å²) >= 11 is 0. The van der Waals surface area contributed by atoms with Crippen LogP contribution in [0.3, 0.4) is 0 Å². The Morgan fingerprint density at radius 2 is 2.21 bits per heavy atom. The number of rotatable bonds is 3. The van der Waals surface area contributed by atoms with Gasteiger partial charge in [0.15, 0.2) is 6.10 Å². The largest absolute Gasteiger partial charge is 0.416 e. The summed E-state index contributed by atoms with van der Waals surface area (Å²) in [4.78, 5) is 0. The molecule has 0 aliphatic rings. The Bertz CT molecular complexity index is 277. The normalized spacial score (nSPS) is 13.7. The maximum Gasteiger partial charge on any atom is 0.416 e. The van der Waals surface area contributed by atoms with Crippen molar-refractivity contribution in [2.24, 2.45) is 0 Å². The topological polar surface area (TPSA) is 58.0 Å². The van der Waals surface area contributed by atoms with Crippen LogP contribution in [0.15, 0.2) is 18.3 Å². The monoisotopic (exact) mass is 207 g/mol. The summed E-state index contributed by atoms with van der Waals surface area (Å²) in [6.45, 7) is -0.637. The molecule has 7 heteroatoms. The smallest absolute Gasteiger partial charge is 0.382 e. The quantitative estimate of drug-likeness (QED) is 0.770. The van der Waals surface area contributed by atoms with E-state index in [2.05, 4.69) is 15.5 Å². The van der Waals surface area contributed by atoms with Crippen LogP contribution in [-0.4, -0.2) is 34.1 Å². The fourth-order valence-corrected chi connectivity index (χ4v) is 0.713. The zero-order valence-electron chi connectivity index (χ0n) is 6.99. The van der Waals surface area contributed by atoms with Crippen LogP contribution in [0.25, 0.3) is 0 Å². The second-order valence-electron chi connectivity index (χ2n) is 2.55. The molecule has 1 atom stereocenters. The van der Waals surface area contributed by atoms with Crippen molar-refractivity contribution in [2.75, 3.05) is 11.9 Å². The highest BCUT2D eigenvalue weighted by molar-refractivity contribution is 5.31. The summed E-state index contributed by atoms with van der Waals surface area (Å²) in [6.07, 6.45) is -5.62. The molecule has 0 aliphatic carbocycles. The van der Waals surface area contributed by atoms with E-state index in [1.165, 1.54) is 18.3 Å². The maximum absolute atomic E-state index is 11.8. The van der Waals surface area contributed by atoms with E-state index in [4.69, 9.17) is 5.11 Å². The number of hydrogen-bond acceptors (Lipinski definition) is 4. The molecule has 2 N–H and O–H groups in total. The van der Waals surface area contributed by atoms with Crippen LogP contribution < -0.4 is 5.32 Å². The number of hydrogen-bond donors (Lipinski definition) is 2. The van der Waals surface area contributed by atoms with Gasteiger partial charge in [0.05, 0.1) is 6.54 Å². The van der Waals surface area contributed by atoms with Gasteiger partial charge in [-0.3, -0.25) is 0 Å². The first-order valence-electron chi connectivity index (χ1n) is 3.76. The third-order valence-electron chi connectivity index (χ3n) is 1.43. The van der Waals surface area contributed by atoms with Gasteiger partial charge in [0.1, 0.15) is 5.82 Å². The second-order valence-corrected chi connectivity index (χ2v) is 2.55. The van der Waals surface area contributed by atoms with Gasteiger partial charge in [0, 0.05) is 6.20 Å². The third-order valence-corrected chi connectivity index (χ3v) is 1.43. The van der Waals surface area contributed by atoms with Crippen molar-refractivity contribution in [1.82, 2.24) is 10.2 Å². The minimum absolute atomic E-state index is 0.191. The number of anilines is 1. The van der Waals surface area contributed by atoms with Crippen molar-refractivity contribution in [3.63, 3.8) is 0 Å². The van der Waals surface area contributed by atoms with Gasteiger partial charge in [-0.25, -0.2) is 0 Å². The lowest BCUT2D eigenvalue weighted by molar-refractivity contribution is -0.198. The Kier molecular flexibility index (Phi) is 3.23. The van der Waals surface area contributed by atoms with Gasteiger partial charge in [-0.15, -0.1) is 5.10 Å². The molecule has 1 heterocycles. The van der Waals surface area contributed by atoms with Gasteiger partial charge in [-0.2, -0.15) is 18.3 Å². The molecule has 0 saturated heterocycles. The summed E-state index contributed by atoms with van der Waals surface area (Å²) in [6, 6.07) is 2.98. The van der Waals surface area contributed by atoms with Crippen molar-refractivity contribution in [2.45, 2.75) is 12.3 Å². The molecule has 0 fully saturated rings. The van der Waals surface area contributed by atoms with E-state index >= 15 is 0 Å². The number of nitrogens with zero attached hydrogens (tertiary/aromatic N) is 2. The van der Waals surface area contributed by atoms with Crippen molar-refractivity contribution in [1.29, 1.82) is 0 Å². The molecule has 0 radical (unpaired) electrons. The molecule has 0 amide bonds. The summed E-state index contributed by atoms with van der Waals surface area (Å²) in [7, 11) is 0. The molecule has 0 bridgehead atoms. The van der Waals surface area contributed by atoms with Crippen LogP contribution in [0.1, 0.15) is 0 Å². The maximum atomic E-state index is 11.8. The van der Waals surface area contributed by atoms with E-state index in [1.54, 1.807) is 0 Å². The van der Waals surface area contributed by atoms with Crippen LogP contribution in [0.5, 0.6) is 0 Å². The average Bonchev–Trinajstić information content (AvgIpc) is 2.14. The number of alkyl halides is 3. The van der Waals surface area contributed by atoms with Gasteiger partial charge in [-0.05, 0) is 12.1 Å². The first-order valence-corrected chi connectivity index (χ1v) is 3.76. The summed E-state index contributed by atoms with van der Waals surface area (Å²) in [5.74, 6) is 0.191. The molecule has 0 aromatic carbocycles. The zero-order chi connectivity index (χ0) is 10.6. The molecule has 0 unspecified atom stereocenters. The van der Waals surface area contributed by atoms with Crippen molar-refractivity contribution < 1.29 is 18.3 Å². The molecule has 0 saturated carbocycles. The minimum atomic E-state index is -4.62. The van der Waals surface area contributed by atoms with Crippen LogP contribution in [0.2, 0.25) is 0 Å². The van der Waals surface area contributed by atoms with Crippen LogP contribution in [0.4, 0.5) is 19.0 Å². The molecular weight excluding hydrogens is 199 g/mol. The molecule has 1 aromatic heterocycles. The highest BCUT2D eigenvalue weighted by Gasteiger charge is 2.37. The molecule has 4 nitrogen and oxygen atoms in total. The van der Waals surface area contributed by atoms with E-state index in [0.29, 0.717) is 0 Å². The van der Waals surface area contributed by atoms with Crippen molar-refractivity contribution in [3.8, 4) is 0 Å². The van der Waals surface area contributed by atoms with E-state index in [9.17, 15) is 13.2 Å². The molecule has 0 aliphatic heterocycles. The lowest BCUT2D eigenvalue weighted by Crippen LogP contribution is -2.35. The zero-order valence-corrected chi connectivity index (χ0v) is 6.99. The van der Waals surface area contributed by atoms with E-state index in [1.807, 2.05) is 0 Å². The Morgan fingerprint density at radius 1 is 1.50 bits per heavy atom. The molecule has 78 valence electrons. The number of aliphatic hydroxyl groups excluding tert-OH is 1. The first kappa shape index (κ1) is 10.7. The fourth-order valence-electron chi connectivity index (χ4n) is 0.713. The lowest BCUT2D eigenvalue weighted by Gasteiger charge is -2.14. The van der Waals surface area contributed by atoms with Gasteiger partial charge in [0.2, 0.25) is 0 Å². The second kappa shape index (κ2) is 4.23. The van der Waals surface area contributed by atoms with Crippen LogP contribution >= 0.6 is 0 Å². The van der Waals surface area contributed by atoms with Gasteiger partial charge in [-0.1, -0.05) is 0 Å². The van der Waals surface area contributed by atoms with E-state index in [-0.39, 0.29) is 5.82 Å². The Hall–Kier alpha value is -1.37. The fraction of sp³-hybridized carbons (Fsp3) is 0.429. The third kappa shape index (κ3) is 3.17. The number of aliphatic hydroxyl groups is 1. The van der Waals surface area contributed by atoms with E-state index < -0.39 is 18.8 Å². The van der Waals surface area contributed by atoms with Gasteiger partial charge < -0.3 is 10.4 Å². The highest BCUT2D eigenvalue weighted by Crippen LogP contribution is 2.19. The number of aromatic nitrogens is 2. The van der Waals surface area contributed by atoms with Gasteiger partial charge in [0.25, 0.3) is 0 Å². The SMILES string of the molecule is O[C@@H](CNc1cccnn1)C(F)(F)F. The Balaban J connectivity index is 2.42. The minimum Gasteiger partial charge on any atom is -0.382 e. The summed E-state index contributed by atoms with van der Waals surface area (Å²) < 4.78 is 35.5. The molecular formula is C7H8F3N3O. The Labute approximate surface area is 77.8 Å². The molecule has 1 aromatic rings. The van der Waals surface area contributed by atoms with Crippen molar-refractivity contribution >= 4 is 5.82 Å². The Morgan fingerprint density at radius 3 is 2.71 bits per heavy atom. The summed E-state index contributed by atoms with van der Waals surface area (Å²) in [5.41, 5.74) is 0. The van der Waals surface area contributed by atoms with Crippen LogP contribution in [0, 0.1) is 0 Å². The number of halogens is 3. The van der Waals surface area contributed by atoms with E-state index in [0.717, 1.165) is 0 Å². The molecule has 14 heavy (non-hydrogen) atoms. The molecule has 0 spiro atoms. The highest BCUT2D eigenvalue weighted by atomic mass is 19.4. The predicted octanol–water partition coefficient (Wildman–Crippen LogP) is 0.812. The van der Waals surface area contributed by atoms with Gasteiger partial charge >= 0.3 is 6.18 Å². The molecule has 1 rings (SSSR count). The predicted molar refractivity (Wildman–Crippen MR) is 42.6 cm³/mol. The summed E-state index contributed by atoms with van der Waals surface area (Å²) in [5, 5.41) is 17.9.